The zero-order chi connectivity index (χ0) is 23.5. The van der Waals surface area contributed by atoms with Gasteiger partial charge in [0.05, 0.1) is 16.7 Å². The van der Waals surface area contributed by atoms with Gasteiger partial charge in [-0.15, -0.1) is 0 Å². The molecule has 0 atom stereocenters. The van der Waals surface area contributed by atoms with Gasteiger partial charge in [-0.2, -0.15) is 5.10 Å². The van der Waals surface area contributed by atoms with Crippen LogP contribution in [0.25, 0.3) is 33.2 Å². The molecular weight excluding hydrogens is 414 g/mol. The second-order valence-electron chi connectivity index (χ2n) is 7.50. The summed E-state index contributed by atoms with van der Waals surface area (Å²) in [5.41, 5.74) is 4.05. The predicted molar refractivity (Wildman–Crippen MR) is 132 cm³/mol. The third kappa shape index (κ3) is 4.16. The van der Waals surface area contributed by atoms with Crippen molar-refractivity contribution in [3.05, 3.63) is 108 Å². The number of rotatable bonds is 6. The van der Waals surface area contributed by atoms with Crippen LogP contribution in [-0.4, -0.2) is 25.2 Å². The first-order valence-electron chi connectivity index (χ1n) is 10.3. The van der Waals surface area contributed by atoms with E-state index in [1.807, 2.05) is 44.3 Å². The van der Waals surface area contributed by atoms with Crippen molar-refractivity contribution in [1.29, 1.82) is 0 Å². The highest BCUT2D eigenvalue weighted by Gasteiger charge is 2.12. The fourth-order valence-electron chi connectivity index (χ4n) is 3.63. The highest BCUT2D eigenvalue weighted by molar-refractivity contribution is 6.05. The minimum atomic E-state index is -0.348. The molecule has 3 heterocycles. The molecule has 7 heteroatoms. The Labute approximate surface area is 190 Å². The van der Waals surface area contributed by atoms with Crippen LogP contribution < -0.4 is 10.9 Å². The van der Waals surface area contributed by atoms with Crippen LogP contribution in [0.5, 0.6) is 0 Å². The molecule has 0 aliphatic heterocycles. The van der Waals surface area contributed by atoms with Gasteiger partial charge in [0.1, 0.15) is 0 Å². The van der Waals surface area contributed by atoms with Gasteiger partial charge in [0.15, 0.2) is 0 Å². The summed E-state index contributed by atoms with van der Waals surface area (Å²) in [6.45, 7) is 10.9. The Hall–Kier alpha value is -4.52. The number of nitrogens with zero attached hydrogens (tertiary/aromatic N) is 4. The van der Waals surface area contributed by atoms with Gasteiger partial charge in [0, 0.05) is 46.8 Å². The Morgan fingerprint density at radius 3 is 2.64 bits per heavy atom. The smallest absolute Gasteiger partial charge is 0.255 e. The summed E-state index contributed by atoms with van der Waals surface area (Å²) < 4.78 is 3.38. The Kier molecular flexibility index (Phi) is 5.87. The lowest BCUT2D eigenvalue weighted by Crippen LogP contribution is -2.22. The molecule has 4 aromatic rings. The van der Waals surface area contributed by atoms with Crippen molar-refractivity contribution in [2.24, 2.45) is 0 Å². The van der Waals surface area contributed by atoms with E-state index in [2.05, 4.69) is 28.6 Å². The highest BCUT2D eigenvalue weighted by Crippen LogP contribution is 2.26. The summed E-state index contributed by atoms with van der Waals surface area (Å²) in [4.78, 5) is 29.6. The number of fused-ring (bicyclic) bond motifs is 3. The van der Waals surface area contributed by atoms with E-state index in [0.29, 0.717) is 11.4 Å². The van der Waals surface area contributed by atoms with Crippen molar-refractivity contribution >= 4 is 33.4 Å². The van der Waals surface area contributed by atoms with Gasteiger partial charge in [-0.1, -0.05) is 19.2 Å². The highest BCUT2D eigenvalue weighted by atomic mass is 16.1. The number of pyridine rings is 2. The zero-order valence-corrected chi connectivity index (χ0v) is 18.4. The molecule has 0 spiro atoms. The van der Waals surface area contributed by atoms with Gasteiger partial charge in [-0.25, -0.2) is 4.68 Å². The standard InChI is InChI=1S/C26H23N5O2/c1-5-17(3)23(29-24(32)6-2)14-18(4)31-25(33)11-8-19-16-27-22-10-9-20(15-21(22)26(19)31)30-13-7-12-28-30/h5-16H,1-2H2,3-4H3,(H,29,32)/b18-14+,23-17+. The lowest BCUT2D eigenvalue weighted by molar-refractivity contribution is -0.115. The number of hydrogen-bond acceptors (Lipinski definition) is 4. The SMILES string of the molecule is C=CC(=O)NC(/C=C(\C)n1c(=O)ccc2cnc3ccc(-n4cccn4)cc3c21)=C(\C)C=C. The fraction of sp³-hybridized carbons (Fsp3) is 0.0769. The maximum absolute atomic E-state index is 13.1. The van der Waals surface area contributed by atoms with E-state index in [9.17, 15) is 9.59 Å². The third-order valence-corrected chi connectivity index (χ3v) is 5.35. The molecule has 1 amide bonds. The first-order valence-corrected chi connectivity index (χ1v) is 10.3. The largest absolute Gasteiger partial charge is 0.322 e. The van der Waals surface area contributed by atoms with Crippen molar-refractivity contribution in [2.75, 3.05) is 0 Å². The van der Waals surface area contributed by atoms with Crippen LogP contribution >= 0.6 is 0 Å². The van der Waals surface area contributed by atoms with E-state index >= 15 is 0 Å². The van der Waals surface area contributed by atoms with Crippen molar-refractivity contribution in [3.8, 4) is 5.69 Å². The number of nitrogens with one attached hydrogen (secondary N) is 1. The molecule has 0 bridgehead atoms. The molecule has 0 radical (unpaired) electrons. The molecule has 0 aliphatic carbocycles. The number of amides is 1. The van der Waals surface area contributed by atoms with Gasteiger partial charge in [0.25, 0.3) is 5.56 Å². The fourth-order valence-corrected chi connectivity index (χ4v) is 3.63. The van der Waals surface area contributed by atoms with Gasteiger partial charge in [-0.05, 0) is 61.9 Å². The molecule has 0 saturated heterocycles. The minimum absolute atomic E-state index is 0.195. The molecule has 0 fully saturated rings. The molecule has 1 N–H and O–H groups in total. The van der Waals surface area contributed by atoms with Crippen LogP contribution in [0.15, 0.2) is 102 Å². The lowest BCUT2D eigenvalue weighted by Gasteiger charge is -2.15. The Morgan fingerprint density at radius 2 is 1.94 bits per heavy atom. The quantitative estimate of drug-likeness (QED) is 0.276. The van der Waals surface area contributed by atoms with Crippen LogP contribution in [0.1, 0.15) is 13.8 Å². The number of aromatic nitrogens is 4. The van der Waals surface area contributed by atoms with Crippen molar-refractivity contribution < 1.29 is 4.79 Å². The van der Waals surface area contributed by atoms with Crippen LogP contribution in [0.4, 0.5) is 0 Å². The molecular formula is C26H23N5O2. The van der Waals surface area contributed by atoms with Gasteiger partial charge < -0.3 is 5.32 Å². The zero-order valence-electron chi connectivity index (χ0n) is 18.4. The monoisotopic (exact) mass is 437 g/mol. The van der Waals surface area contributed by atoms with E-state index in [1.165, 1.54) is 12.1 Å². The molecule has 3 aromatic heterocycles. The van der Waals surface area contributed by atoms with E-state index in [4.69, 9.17) is 0 Å². The van der Waals surface area contributed by atoms with Crippen molar-refractivity contribution in [2.45, 2.75) is 13.8 Å². The summed E-state index contributed by atoms with van der Waals surface area (Å²) in [5, 5.41) is 8.72. The number of hydrogen-bond donors (Lipinski definition) is 1. The molecule has 164 valence electrons. The van der Waals surface area contributed by atoms with E-state index in [1.54, 1.807) is 39.9 Å². The summed E-state index contributed by atoms with van der Waals surface area (Å²) in [6.07, 6.45) is 9.91. The third-order valence-electron chi connectivity index (χ3n) is 5.35. The Morgan fingerprint density at radius 1 is 1.12 bits per heavy atom. The summed E-state index contributed by atoms with van der Waals surface area (Å²) in [7, 11) is 0. The normalized spacial score (nSPS) is 12.5. The average Bonchev–Trinajstić information content (AvgIpc) is 3.37. The second-order valence-corrected chi connectivity index (χ2v) is 7.50. The topological polar surface area (TPSA) is 81.8 Å². The van der Waals surface area contributed by atoms with Gasteiger partial charge >= 0.3 is 0 Å². The van der Waals surface area contributed by atoms with E-state index in [-0.39, 0.29) is 11.5 Å². The number of carbonyl (C=O) groups excluding carboxylic acids is 1. The Balaban J connectivity index is 2.01. The summed E-state index contributed by atoms with van der Waals surface area (Å²) in [5.74, 6) is -0.348. The minimum Gasteiger partial charge on any atom is -0.322 e. The molecule has 1 aromatic carbocycles. The maximum Gasteiger partial charge on any atom is 0.255 e. The van der Waals surface area contributed by atoms with Crippen LogP contribution in [0.3, 0.4) is 0 Å². The van der Waals surface area contributed by atoms with Crippen LogP contribution in [0, 0.1) is 0 Å². The van der Waals surface area contributed by atoms with Crippen LogP contribution in [0.2, 0.25) is 0 Å². The van der Waals surface area contributed by atoms with E-state index < -0.39 is 0 Å². The van der Waals surface area contributed by atoms with Crippen LogP contribution in [-0.2, 0) is 4.79 Å². The molecule has 0 unspecified atom stereocenters. The average molecular weight is 438 g/mol. The Bertz CT molecular complexity index is 1520. The van der Waals surface area contributed by atoms with E-state index in [0.717, 1.165) is 33.1 Å². The molecule has 4 rings (SSSR count). The summed E-state index contributed by atoms with van der Waals surface area (Å²) in [6, 6.07) is 10.9. The van der Waals surface area contributed by atoms with Crippen molar-refractivity contribution in [1.82, 2.24) is 24.6 Å². The first kappa shape index (κ1) is 21.7. The second kappa shape index (κ2) is 8.92. The van der Waals surface area contributed by atoms with Crippen molar-refractivity contribution in [3.63, 3.8) is 0 Å². The van der Waals surface area contributed by atoms with Gasteiger partial charge in [0.2, 0.25) is 5.91 Å². The molecule has 0 aliphatic rings. The number of carbonyl (C=O) groups is 1. The lowest BCUT2D eigenvalue weighted by atomic mass is 10.1. The predicted octanol–water partition coefficient (Wildman–Crippen LogP) is 4.36. The molecule has 33 heavy (non-hydrogen) atoms. The molecule has 7 nitrogen and oxygen atoms in total. The first-order chi connectivity index (χ1) is 15.9. The molecule has 0 saturated carbocycles. The number of allylic oxidation sites excluding steroid dienone is 4. The number of benzene rings is 1. The summed E-state index contributed by atoms with van der Waals surface area (Å²) >= 11 is 0. The maximum atomic E-state index is 13.1. The van der Waals surface area contributed by atoms with Gasteiger partial charge in [-0.3, -0.25) is 19.1 Å².